The summed E-state index contributed by atoms with van der Waals surface area (Å²) in [7, 11) is 1.52. The maximum atomic E-state index is 13.4. The van der Waals surface area contributed by atoms with Gasteiger partial charge in [-0.3, -0.25) is 14.4 Å². The lowest BCUT2D eigenvalue weighted by molar-refractivity contribution is -0.125. The van der Waals surface area contributed by atoms with Crippen molar-refractivity contribution >= 4 is 23.4 Å². The Morgan fingerprint density at radius 3 is 2.47 bits per heavy atom. The molecule has 3 amide bonds. The molecule has 0 spiro atoms. The van der Waals surface area contributed by atoms with Crippen LogP contribution in [-0.4, -0.2) is 48.9 Å². The molecule has 2 aromatic rings. The van der Waals surface area contributed by atoms with Crippen LogP contribution in [0.1, 0.15) is 48.0 Å². The zero-order valence-corrected chi connectivity index (χ0v) is 18.7. The molecule has 0 heterocycles. The number of anilines is 1. The molecule has 0 bridgehead atoms. The number of nitrogens with one attached hydrogen (secondary N) is 2. The van der Waals surface area contributed by atoms with Gasteiger partial charge in [0.1, 0.15) is 12.3 Å². The van der Waals surface area contributed by atoms with Gasteiger partial charge in [0.25, 0.3) is 5.91 Å². The van der Waals surface area contributed by atoms with Crippen LogP contribution < -0.4 is 15.4 Å². The number of rotatable bonds is 8. The highest BCUT2D eigenvalue weighted by Crippen LogP contribution is 2.26. The lowest BCUT2D eigenvalue weighted by Crippen LogP contribution is -2.48. The first-order chi connectivity index (χ1) is 15.5. The van der Waals surface area contributed by atoms with E-state index in [0.29, 0.717) is 17.0 Å². The first-order valence-corrected chi connectivity index (χ1v) is 11.0. The van der Waals surface area contributed by atoms with Crippen LogP contribution in [0, 0.1) is 6.92 Å². The smallest absolute Gasteiger partial charge is 0.258 e. The predicted octanol–water partition coefficient (Wildman–Crippen LogP) is 3.53. The molecule has 170 valence electrons. The van der Waals surface area contributed by atoms with Gasteiger partial charge in [-0.25, -0.2) is 0 Å². The van der Waals surface area contributed by atoms with E-state index in [2.05, 4.69) is 10.6 Å². The lowest BCUT2D eigenvalue weighted by Gasteiger charge is -2.34. The average molecular weight is 438 g/mol. The monoisotopic (exact) mass is 437 g/mol. The van der Waals surface area contributed by atoms with Crippen molar-refractivity contribution in [1.29, 1.82) is 0 Å². The van der Waals surface area contributed by atoms with Crippen LogP contribution in [0.4, 0.5) is 5.69 Å². The number of hydrogen-bond donors (Lipinski definition) is 2. The molecule has 0 radical (unpaired) electrons. The highest BCUT2D eigenvalue weighted by Gasteiger charge is 2.29. The van der Waals surface area contributed by atoms with Crippen molar-refractivity contribution in [2.75, 3.05) is 25.5 Å². The number of carbonyl (C=O) groups is 3. The highest BCUT2D eigenvalue weighted by molar-refractivity contribution is 6.00. The van der Waals surface area contributed by atoms with Crippen molar-refractivity contribution in [3.05, 3.63) is 59.7 Å². The number of nitrogens with zero attached hydrogens (tertiary/aromatic N) is 1. The summed E-state index contributed by atoms with van der Waals surface area (Å²) < 4.78 is 5.35. The molecule has 1 fully saturated rings. The quantitative estimate of drug-likeness (QED) is 0.661. The summed E-state index contributed by atoms with van der Waals surface area (Å²) in [5.74, 6) is -0.424. The summed E-state index contributed by atoms with van der Waals surface area (Å²) in [5.41, 5.74) is 2.15. The molecule has 7 heteroatoms. The first kappa shape index (κ1) is 23.3. The SMILES string of the molecule is COc1ccccc1C(=O)N(CC(=O)NCC(=O)Nc1cccc(C)c1)C1CCCCC1. The Morgan fingerprint density at radius 1 is 1.00 bits per heavy atom. The minimum Gasteiger partial charge on any atom is -0.496 e. The zero-order chi connectivity index (χ0) is 22.9. The molecule has 1 saturated carbocycles. The molecule has 1 aliphatic rings. The average Bonchev–Trinajstić information content (AvgIpc) is 2.81. The molecule has 2 aromatic carbocycles. The van der Waals surface area contributed by atoms with E-state index in [0.717, 1.165) is 37.7 Å². The molecular weight excluding hydrogens is 406 g/mol. The van der Waals surface area contributed by atoms with E-state index in [1.165, 1.54) is 7.11 Å². The van der Waals surface area contributed by atoms with Gasteiger partial charge in [0.15, 0.2) is 0 Å². The van der Waals surface area contributed by atoms with Crippen molar-refractivity contribution in [2.24, 2.45) is 0 Å². The van der Waals surface area contributed by atoms with Crippen molar-refractivity contribution in [2.45, 2.75) is 45.1 Å². The Balaban J connectivity index is 1.64. The second-order valence-electron chi connectivity index (χ2n) is 8.12. The summed E-state index contributed by atoms with van der Waals surface area (Å²) in [4.78, 5) is 39.9. The van der Waals surface area contributed by atoms with E-state index >= 15 is 0 Å². The van der Waals surface area contributed by atoms with Gasteiger partial charge in [-0.15, -0.1) is 0 Å². The number of ether oxygens (including phenoxy) is 1. The van der Waals surface area contributed by atoms with Crippen LogP contribution in [0.25, 0.3) is 0 Å². The molecule has 0 aromatic heterocycles. The van der Waals surface area contributed by atoms with Crippen molar-refractivity contribution < 1.29 is 19.1 Å². The van der Waals surface area contributed by atoms with Gasteiger partial charge in [-0.1, -0.05) is 43.5 Å². The van der Waals surface area contributed by atoms with Gasteiger partial charge in [-0.2, -0.15) is 0 Å². The zero-order valence-electron chi connectivity index (χ0n) is 18.7. The van der Waals surface area contributed by atoms with Crippen LogP contribution in [0.3, 0.4) is 0 Å². The minimum absolute atomic E-state index is 0.00645. The summed E-state index contributed by atoms with van der Waals surface area (Å²) in [6, 6.07) is 14.5. The van der Waals surface area contributed by atoms with Crippen LogP contribution in [0.15, 0.2) is 48.5 Å². The van der Waals surface area contributed by atoms with E-state index in [9.17, 15) is 14.4 Å². The highest BCUT2D eigenvalue weighted by atomic mass is 16.5. The number of benzene rings is 2. The minimum atomic E-state index is -0.363. The van der Waals surface area contributed by atoms with Crippen molar-refractivity contribution in [3.63, 3.8) is 0 Å². The maximum absolute atomic E-state index is 13.4. The molecule has 0 atom stereocenters. The second-order valence-corrected chi connectivity index (χ2v) is 8.12. The molecule has 0 aliphatic heterocycles. The fourth-order valence-corrected chi connectivity index (χ4v) is 4.05. The van der Waals surface area contributed by atoms with Crippen LogP contribution in [0.2, 0.25) is 0 Å². The Labute approximate surface area is 189 Å². The first-order valence-electron chi connectivity index (χ1n) is 11.0. The van der Waals surface area contributed by atoms with Gasteiger partial charge in [0, 0.05) is 11.7 Å². The molecule has 7 nitrogen and oxygen atoms in total. The fraction of sp³-hybridized carbons (Fsp3) is 0.400. The summed E-state index contributed by atoms with van der Waals surface area (Å²) in [6.45, 7) is 1.68. The van der Waals surface area contributed by atoms with Gasteiger partial charge in [0.05, 0.1) is 19.2 Å². The van der Waals surface area contributed by atoms with E-state index in [1.807, 2.05) is 25.1 Å². The topological polar surface area (TPSA) is 87.7 Å². The summed E-state index contributed by atoms with van der Waals surface area (Å²) in [6.07, 6.45) is 4.92. The molecule has 0 saturated heterocycles. The fourth-order valence-electron chi connectivity index (χ4n) is 4.05. The van der Waals surface area contributed by atoms with E-state index in [-0.39, 0.29) is 36.9 Å². The van der Waals surface area contributed by atoms with Gasteiger partial charge in [-0.05, 0) is 49.6 Å². The van der Waals surface area contributed by atoms with Gasteiger partial charge >= 0.3 is 0 Å². The predicted molar refractivity (Wildman–Crippen MR) is 124 cm³/mol. The van der Waals surface area contributed by atoms with E-state index in [4.69, 9.17) is 4.74 Å². The molecule has 32 heavy (non-hydrogen) atoms. The second kappa shape index (κ2) is 11.3. The number of methoxy groups -OCH3 is 1. The Kier molecular flexibility index (Phi) is 8.25. The standard InChI is InChI=1S/C25H31N3O4/c1-18-9-8-10-19(15-18)27-23(29)16-26-24(30)17-28(20-11-4-3-5-12-20)25(31)21-13-6-7-14-22(21)32-2/h6-10,13-15,20H,3-5,11-12,16-17H2,1-2H3,(H,26,30)(H,27,29). The number of hydrogen-bond acceptors (Lipinski definition) is 4. The third-order valence-corrected chi connectivity index (χ3v) is 5.68. The maximum Gasteiger partial charge on any atom is 0.258 e. The van der Waals surface area contributed by atoms with Gasteiger partial charge < -0.3 is 20.3 Å². The Morgan fingerprint density at radius 2 is 1.75 bits per heavy atom. The Bertz CT molecular complexity index is 954. The third kappa shape index (κ3) is 6.33. The van der Waals surface area contributed by atoms with Crippen molar-refractivity contribution in [3.8, 4) is 5.75 Å². The number of para-hydroxylation sites is 1. The number of amides is 3. The lowest BCUT2D eigenvalue weighted by atomic mass is 9.93. The normalized spacial score (nSPS) is 13.8. The third-order valence-electron chi connectivity index (χ3n) is 5.68. The van der Waals surface area contributed by atoms with Crippen LogP contribution in [-0.2, 0) is 9.59 Å². The number of aryl methyl sites for hydroxylation is 1. The number of carbonyl (C=O) groups excluding carboxylic acids is 3. The summed E-state index contributed by atoms with van der Waals surface area (Å²) >= 11 is 0. The summed E-state index contributed by atoms with van der Waals surface area (Å²) in [5, 5.41) is 5.41. The molecule has 3 rings (SSSR count). The molecular formula is C25H31N3O4. The van der Waals surface area contributed by atoms with E-state index < -0.39 is 0 Å². The van der Waals surface area contributed by atoms with Crippen LogP contribution >= 0.6 is 0 Å². The van der Waals surface area contributed by atoms with Crippen LogP contribution in [0.5, 0.6) is 5.75 Å². The van der Waals surface area contributed by atoms with Crippen molar-refractivity contribution in [1.82, 2.24) is 10.2 Å². The molecule has 2 N–H and O–H groups in total. The Hall–Kier alpha value is -3.35. The van der Waals surface area contributed by atoms with Gasteiger partial charge in [0.2, 0.25) is 11.8 Å². The molecule has 0 unspecified atom stereocenters. The van der Waals surface area contributed by atoms with E-state index in [1.54, 1.807) is 35.2 Å². The molecule has 1 aliphatic carbocycles. The largest absolute Gasteiger partial charge is 0.496 e.